The zero-order valence-corrected chi connectivity index (χ0v) is 3.91. The molecule has 1 fully saturated rings. The maximum absolute atomic E-state index is 3.23. The molecule has 0 bridgehead atoms. The lowest BCUT2D eigenvalue weighted by Crippen LogP contribution is -2.21. The van der Waals surface area contributed by atoms with E-state index in [2.05, 4.69) is 11.7 Å². The standard InChI is InChI=1S/C5H10N/c1-2-4-6-5-3-1/h2,6H,1,3-5H2. The molecule has 0 aromatic heterocycles. The molecule has 0 aromatic carbocycles. The summed E-state index contributed by atoms with van der Waals surface area (Å²) in [6, 6.07) is 0. The lowest BCUT2D eigenvalue weighted by Gasteiger charge is -2.08. The van der Waals surface area contributed by atoms with Crippen molar-refractivity contribution in [1.82, 2.24) is 5.32 Å². The predicted octanol–water partition coefficient (Wildman–Crippen LogP) is 0.574. The number of hydrogen-bond acceptors (Lipinski definition) is 1. The highest BCUT2D eigenvalue weighted by Crippen LogP contribution is 1.95. The summed E-state index contributed by atoms with van der Waals surface area (Å²) in [4.78, 5) is 0. The molecule has 1 aliphatic heterocycles. The van der Waals surface area contributed by atoms with Gasteiger partial charge in [0.2, 0.25) is 0 Å². The van der Waals surface area contributed by atoms with Crippen molar-refractivity contribution < 1.29 is 0 Å². The minimum Gasteiger partial charge on any atom is -0.316 e. The molecule has 35 valence electrons. The van der Waals surface area contributed by atoms with Crippen molar-refractivity contribution in [3.8, 4) is 0 Å². The lowest BCUT2D eigenvalue weighted by atomic mass is 10.2. The normalized spacial score (nSPS) is 24.0. The smallest absolute Gasteiger partial charge is 0.00174 e. The third kappa shape index (κ3) is 0.977. The molecule has 0 aliphatic carbocycles. The van der Waals surface area contributed by atoms with Crippen LogP contribution in [0.15, 0.2) is 0 Å². The van der Waals surface area contributed by atoms with Crippen molar-refractivity contribution in [2.75, 3.05) is 13.1 Å². The van der Waals surface area contributed by atoms with Crippen molar-refractivity contribution in [3.05, 3.63) is 6.42 Å². The fraction of sp³-hybridized carbons (Fsp3) is 0.800. The van der Waals surface area contributed by atoms with Crippen LogP contribution in [0.25, 0.3) is 0 Å². The summed E-state index contributed by atoms with van der Waals surface area (Å²) in [6.07, 6.45) is 4.93. The van der Waals surface area contributed by atoms with Gasteiger partial charge in [0.1, 0.15) is 0 Å². The van der Waals surface area contributed by atoms with E-state index in [9.17, 15) is 0 Å². The van der Waals surface area contributed by atoms with Gasteiger partial charge in [-0.2, -0.15) is 0 Å². The maximum Gasteiger partial charge on any atom is -0.00174 e. The Kier molecular flexibility index (Phi) is 1.51. The summed E-state index contributed by atoms with van der Waals surface area (Å²) in [5, 5.41) is 3.23. The van der Waals surface area contributed by atoms with Crippen LogP contribution in [0, 0.1) is 6.42 Å². The molecule has 0 amide bonds. The Balaban J connectivity index is 2.00. The van der Waals surface area contributed by atoms with Crippen LogP contribution < -0.4 is 5.32 Å². The van der Waals surface area contributed by atoms with Crippen LogP contribution in [0.3, 0.4) is 0 Å². The Bertz CT molecular complexity index is 19.4. The molecule has 1 saturated heterocycles. The number of piperidine rings is 1. The minimum atomic E-state index is 1.12. The zero-order chi connectivity index (χ0) is 4.24. The van der Waals surface area contributed by atoms with E-state index in [0.717, 1.165) is 6.54 Å². The second kappa shape index (κ2) is 2.19. The zero-order valence-electron chi connectivity index (χ0n) is 3.91. The van der Waals surface area contributed by atoms with Crippen molar-refractivity contribution in [2.24, 2.45) is 0 Å². The Hall–Kier alpha value is -0.0400. The van der Waals surface area contributed by atoms with E-state index >= 15 is 0 Å². The molecule has 0 unspecified atom stereocenters. The Morgan fingerprint density at radius 3 is 2.67 bits per heavy atom. The van der Waals surface area contributed by atoms with Crippen LogP contribution in [-0.2, 0) is 0 Å². The van der Waals surface area contributed by atoms with Gasteiger partial charge in [0.15, 0.2) is 0 Å². The lowest BCUT2D eigenvalue weighted by molar-refractivity contribution is 0.604. The highest BCUT2D eigenvalue weighted by molar-refractivity contribution is 4.72. The van der Waals surface area contributed by atoms with E-state index in [0.29, 0.717) is 0 Å². The van der Waals surface area contributed by atoms with Gasteiger partial charge in [-0.15, -0.1) is 0 Å². The molecule has 1 rings (SSSR count). The number of rotatable bonds is 0. The largest absolute Gasteiger partial charge is 0.316 e. The summed E-state index contributed by atoms with van der Waals surface area (Å²) in [5.74, 6) is 0. The molecule has 1 aliphatic rings. The van der Waals surface area contributed by atoms with E-state index in [1.807, 2.05) is 0 Å². The van der Waals surface area contributed by atoms with E-state index in [1.165, 1.54) is 19.4 Å². The molecule has 0 aromatic rings. The third-order valence-corrected chi connectivity index (χ3v) is 1.05. The third-order valence-electron chi connectivity index (χ3n) is 1.05. The first kappa shape index (κ1) is 4.13. The first-order valence-electron chi connectivity index (χ1n) is 2.52. The summed E-state index contributed by atoms with van der Waals surface area (Å²) >= 11 is 0. The predicted molar refractivity (Wildman–Crippen MR) is 26.4 cm³/mol. The van der Waals surface area contributed by atoms with Crippen molar-refractivity contribution in [2.45, 2.75) is 12.8 Å². The van der Waals surface area contributed by atoms with E-state index < -0.39 is 0 Å². The average molecular weight is 84.1 g/mol. The van der Waals surface area contributed by atoms with E-state index in [1.54, 1.807) is 0 Å². The van der Waals surface area contributed by atoms with Crippen LogP contribution in [-0.4, -0.2) is 13.1 Å². The first-order valence-corrected chi connectivity index (χ1v) is 2.52. The average Bonchev–Trinajstić information content (AvgIpc) is 1.72. The van der Waals surface area contributed by atoms with Gasteiger partial charge in [-0.1, -0.05) is 0 Å². The highest BCUT2D eigenvalue weighted by atomic mass is 14.9. The first-order chi connectivity index (χ1) is 3.00. The molecule has 0 atom stereocenters. The molecule has 1 radical (unpaired) electrons. The highest BCUT2D eigenvalue weighted by Gasteiger charge is 1.94. The molecule has 1 heterocycles. The fourth-order valence-corrected chi connectivity index (χ4v) is 0.678. The second-order valence-electron chi connectivity index (χ2n) is 1.64. The number of hydrogen-bond donors (Lipinski definition) is 1. The second-order valence-corrected chi connectivity index (χ2v) is 1.64. The van der Waals surface area contributed by atoms with Gasteiger partial charge in [0.05, 0.1) is 0 Å². The van der Waals surface area contributed by atoms with Crippen LogP contribution in [0.2, 0.25) is 0 Å². The van der Waals surface area contributed by atoms with E-state index in [-0.39, 0.29) is 0 Å². The van der Waals surface area contributed by atoms with Crippen LogP contribution in [0.4, 0.5) is 0 Å². The fourth-order valence-electron chi connectivity index (χ4n) is 0.678. The van der Waals surface area contributed by atoms with Crippen molar-refractivity contribution >= 4 is 0 Å². The Morgan fingerprint density at radius 2 is 2.50 bits per heavy atom. The molecule has 6 heavy (non-hydrogen) atoms. The Morgan fingerprint density at radius 1 is 1.50 bits per heavy atom. The quantitative estimate of drug-likeness (QED) is 0.452. The Labute approximate surface area is 38.7 Å². The van der Waals surface area contributed by atoms with Gasteiger partial charge < -0.3 is 5.32 Å². The molecule has 1 heteroatoms. The van der Waals surface area contributed by atoms with Crippen molar-refractivity contribution in [1.29, 1.82) is 0 Å². The molecule has 0 saturated carbocycles. The summed E-state index contributed by atoms with van der Waals surface area (Å²) in [6.45, 7) is 2.34. The molecular formula is C5H10N. The van der Waals surface area contributed by atoms with Gasteiger partial charge in [-0.25, -0.2) is 0 Å². The molecule has 1 nitrogen and oxygen atoms in total. The van der Waals surface area contributed by atoms with Gasteiger partial charge in [-0.3, -0.25) is 0 Å². The van der Waals surface area contributed by atoms with Gasteiger partial charge >= 0.3 is 0 Å². The topological polar surface area (TPSA) is 12.0 Å². The van der Waals surface area contributed by atoms with Gasteiger partial charge in [0, 0.05) is 0 Å². The monoisotopic (exact) mass is 84.1 g/mol. The van der Waals surface area contributed by atoms with Gasteiger partial charge in [0.25, 0.3) is 0 Å². The SMILES string of the molecule is [CH]1CCCNC1. The molecule has 1 N–H and O–H groups in total. The van der Waals surface area contributed by atoms with Crippen LogP contribution >= 0.6 is 0 Å². The summed E-state index contributed by atoms with van der Waals surface area (Å²) in [7, 11) is 0. The number of nitrogens with one attached hydrogen (secondary N) is 1. The minimum absolute atomic E-state index is 1.12. The maximum atomic E-state index is 3.23. The molecule has 0 spiro atoms. The summed E-state index contributed by atoms with van der Waals surface area (Å²) < 4.78 is 0. The van der Waals surface area contributed by atoms with Crippen LogP contribution in [0.1, 0.15) is 12.8 Å². The summed E-state index contributed by atoms with van der Waals surface area (Å²) in [5.41, 5.74) is 0. The van der Waals surface area contributed by atoms with Crippen molar-refractivity contribution in [3.63, 3.8) is 0 Å². The van der Waals surface area contributed by atoms with E-state index in [4.69, 9.17) is 0 Å². The molecular weight excluding hydrogens is 74.1 g/mol. The van der Waals surface area contributed by atoms with Crippen LogP contribution in [0.5, 0.6) is 0 Å². The van der Waals surface area contributed by atoms with Gasteiger partial charge in [-0.05, 0) is 32.4 Å².